The summed E-state index contributed by atoms with van der Waals surface area (Å²) in [5, 5.41) is 15.5. The summed E-state index contributed by atoms with van der Waals surface area (Å²) in [5.74, 6) is 0.124. The van der Waals surface area contributed by atoms with Gasteiger partial charge in [0.25, 0.3) is 5.91 Å². The Labute approximate surface area is 189 Å². The molecule has 7 heteroatoms. The maximum atomic E-state index is 13.1. The molecule has 156 valence electrons. The largest absolute Gasteiger partial charge is 0.505 e. The Balaban J connectivity index is 1.85. The van der Waals surface area contributed by atoms with Crippen LogP contribution in [0.15, 0.2) is 72.9 Å². The molecule has 0 aliphatic carbocycles. The number of rotatable bonds is 5. The van der Waals surface area contributed by atoms with Crippen LogP contribution in [-0.2, 0) is 0 Å². The molecular weight excluding hydrogens is 435 g/mol. The lowest BCUT2D eigenvalue weighted by Gasteiger charge is -2.23. The molecule has 4 aromatic rings. The van der Waals surface area contributed by atoms with Crippen molar-refractivity contribution in [2.24, 2.45) is 0 Å². The van der Waals surface area contributed by atoms with Gasteiger partial charge in [0.1, 0.15) is 17.0 Å². The zero-order valence-electron chi connectivity index (χ0n) is 16.5. The smallest absolute Gasteiger partial charge is 0.252 e. The number of fused-ring (bicyclic) bond motifs is 1. The molecule has 0 saturated heterocycles. The van der Waals surface area contributed by atoms with Gasteiger partial charge >= 0.3 is 0 Å². The van der Waals surface area contributed by atoms with Crippen molar-refractivity contribution in [3.05, 3.63) is 99.7 Å². The maximum absolute atomic E-state index is 13.1. The molecule has 0 saturated carbocycles. The second kappa shape index (κ2) is 8.84. The highest BCUT2D eigenvalue weighted by atomic mass is 35.5. The van der Waals surface area contributed by atoms with E-state index in [2.05, 4.69) is 10.3 Å². The van der Waals surface area contributed by atoms with E-state index in [1.165, 1.54) is 7.11 Å². The topological polar surface area (TPSA) is 71.5 Å². The lowest BCUT2D eigenvalue weighted by molar-refractivity contribution is 0.0942. The van der Waals surface area contributed by atoms with Crippen molar-refractivity contribution in [1.29, 1.82) is 0 Å². The molecule has 4 rings (SSSR count). The van der Waals surface area contributed by atoms with Gasteiger partial charge in [-0.1, -0.05) is 47.5 Å². The van der Waals surface area contributed by atoms with Crippen LogP contribution < -0.4 is 10.1 Å². The van der Waals surface area contributed by atoms with Crippen LogP contribution in [0.5, 0.6) is 11.5 Å². The number of hydrogen-bond acceptors (Lipinski definition) is 4. The van der Waals surface area contributed by atoms with Gasteiger partial charge in [0, 0.05) is 27.7 Å². The van der Waals surface area contributed by atoms with E-state index in [0.717, 1.165) is 0 Å². The minimum absolute atomic E-state index is 0.0733. The normalized spacial score (nSPS) is 11.8. The first kappa shape index (κ1) is 21.0. The summed E-state index contributed by atoms with van der Waals surface area (Å²) in [6.07, 6.45) is 1.57. The average Bonchev–Trinajstić information content (AvgIpc) is 2.80. The number of aromatic hydroxyl groups is 1. The third kappa shape index (κ3) is 4.15. The Morgan fingerprint density at radius 2 is 1.81 bits per heavy atom. The highest BCUT2D eigenvalue weighted by Gasteiger charge is 2.25. The highest BCUT2D eigenvalue weighted by Crippen LogP contribution is 2.40. The van der Waals surface area contributed by atoms with Crippen molar-refractivity contribution in [3.8, 4) is 11.5 Å². The number of carbonyl (C=O) groups is 1. The fraction of sp³-hybridized carbons (Fsp3) is 0.0833. The van der Waals surface area contributed by atoms with Crippen LogP contribution in [0.1, 0.15) is 27.5 Å². The predicted octanol–water partition coefficient (Wildman–Crippen LogP) is 5.78. The highest BCUT2D eigenvalue weighted by molar-refractivity contribution is 6.35. The van der Waals surface area contributed by atoms with Crippen molar-refractivity contribution in [1.82, 2.24) is 10.3 Å². The number of phenolic OH excluding ortho intramolecular Hbond substituents is 1. The van der Waals surface area contributed by atoms with Crippen molar-refractivity contribution >= 4 is 40.0 Å². The minimum atomic E-state index is -0.767. The standard InChI is InChI=1S/C24H18Cl2N2O3/c1-31-15-7-4-6-14(12-15)24(30)28-21(16-8-2-3-10-19(16)25)18-13-20(26)17-9-5-11-27-22(17)23(18)29/h2-13,21,29H,1H3,(H,28,30). The van der Waals surface area contributed by atoms with Crippen molar-refractivity contribution in [2.75, 3.05) is 7.11 Å². The fourth-order valence-corrected chi connectivity index (χ4v) is 3.95. The van der Waals surface area contributed by atoms with E-state index in [9.17, 15) is 9.90 Å². The molecule has 0 spiro atoms. The average molecular weight is 453 g/mol. The summed E-state index contributed by atoms with van der Waals surface area (Å²) < 4.78 is 5.21. The molecule has 0 bridgehead atoms. The number of benzene rings is 3. The van der Waals surface area contributed by atoms with E-state index in [1.54, 1.807) is 66.9 Å². The first-order chi connectivity index (χ1) is 15.0. The number of phenols is 1. The molecule has 5 nitrogen and oxygen atoms in total. The summed E-state index contributed by atoms with van der Waals surface area (Å²) in [6.45, 7) is 0. The fourth-order valence-electron chi connectivity index (χ4n) is 3.44. The molecule has 3 aromatic carbocycles. The van der Waals surface area contributed by atoms with Crippen LogP contribution in [0.25, 0.3) is 10.9 Å². The van der Waals surface area contributed by atoms with Gasteiger partial charge < -0.3 is 15.2 Å². The molecule has 1 heterocycles. The third-order valence-corrected chi connectivity index (χ3v) is 5.64. The predicted molar refractivity (Wildman–Crippen MR) is 122 cm³/mol. The van der Waals surface area contributed by atoms with Crippen LogP contribution in [0.3, 0.4) is 0 Å². The summed E-state index contributed by atoms with van der Waals surface area (Å²) in [5.41, 5.74) is 1.75. The molecular formula is C24H18Cl2N2O3. The molecule has 1 aromatic heterocycles. The minimum Gasteiger partial charge on any atom is -0.505 e. The molecule has 31 heavy (non-hydrogen) atoms. The third-order valence-electron chi connectivity index (χ3n) is 4.98. The monoisotopic (exact) mass is 452 g/mol. The Bertz CT molecular complexity index is 1280. The lowest BCUT2D eigenvalue weighted by atomic mass is 9.95. The quantitative estimate of drug-likeness (QED) is 0.402. The summed E-state index contributed by atoms with van der Waals surface area (Å²) >= 11 is 12.9. The Kier molecular flexibility index (Phi) is 5.98. The van der Waals surface area contributed by atoms with Gasteiger partial charge in [-0.25, -0.2) is 0 Å². The number of nitrogens with one attached hydrogen (secondary N) is 1. The van der Waals surface area contributed by atoms with E-state index in [0.29, 0.717) is 43.4 Å². The van der Waals surface area contributed by atoms with E-state index < -0.39 is 6.04 Å². The van der Waals surface area contributed by atoms with Crippen LogP contribution in [0.2, 0.25) is 10.0 Å². The van der Waals surface area contributed by atoms with Crippen molar-refractivity contribution < 1.29 is 14.6 Å². The number of ether oxygens (including phenoxy) is 1. The van der Waals surface area contributed by atoms with Gasteiger partial charge in [-0.3, -0.25) is 9.78 Å². The molecule has 2 N–H and O–H groups in total. The van der Waals surface area contributed by atoms with Crippen LogP contribution in [0.4, 0.5) is 0 Å². The zero-order valence-corrected chi connectivity index (χ0v) is 18.0. The number of amides is 1. The number of hydrogen-bond donors (Lipinski definition) is 2. The van der Waals surface area contributed by atoms with E-state index in [1.807, 2.05) is 6.07 Å². The Hall–Kier alpha value is -3.28. The molecule has 0 radical (unpaired) electrons. The van der Waals surface area contributed by atoms with Crippen LogP contribution in [-0.4, -0.2) is 23.1 Å². The SMILES string of the molecule is COc1cccc(C(=O)NC(c2ccccc2Cl)c2cc(Cl)c3cccnc3c2O)c1. The molecule has 1 unspecified atom stereocenters. The van der Waals surface area contributed by atoms with Crippen LogP contribution >= 0.6 is 23.2 Å². The van der Waals surface area contributed by atoms with Gasteiger partial charge in [0.05, 0.1) is 18.2 Å². The zero-order chi connectivity index (χ0) is 22.0. The van der Waals surface area contributed by atoms with Gasteiger partial charge in [0.15, 0.2) is 0 Å². The van der Waals surface area contributed by atoms with Gasteiger partial charge in [0.2, 0.25) is 0 Å². The number of pyridine rings is 1. The first-order valence-electron chi connectivity index (χ1n) is 9.45. The summed E-state index contributed by atoms with van der Waals surface area (Å²) in [6, 6.07) is 18.3. The number of aromatic nitrogens is 1. The van der Waals surface area contributed by atoms with E-state index in [-0.39, 0.29) is 11.7 Å². The number of methoxy groups -OCH3 is 1. The van der Waals surface area contributed by atoms with Crippen molar-refractivity contribution in [3.63, 3.8) is 0 Å². The molecule has 1 atom stereocenters. The number of halogens is 2. The van der Waals surface area contributed by atoms with Crippen molar-refractivity contribution in [2.45, 2.75) is 6.04 Å². The Morgan fingerprint density at radius 1 is 1.00 bits per heavy atom. The van der Waals surface area contributed by atoms with Crippen LogP contribution in [0, 0.1) is 0 Å². The number of nitrogens with zero attached hydrogens (tertiary/aromatic N) is 1. The Morgan fingerprint density at radius 3 is 2.58 bits per heavy atom. The van der Waals surface area contributed by atoms with Gasteiger partial charge in [-0.05, 0) is 48.0 Å². The van der Waals surface area contributed by atoms with Gasteiger partial charge in [-0.15, -0.1) is 0 Å². The summed E-state index contributed by atoms with van der Waals surface area (Å²) in [7, 11) is 1.53. The summed E-state index contributed by atoms with van der Waals surface area (Å²) in [4.78, 5) is 17.4. The molecule has 1 amide bonds. The number of carbonyl (C=O) groups excluding carboxylic acids is 1. The molecule has 0 aliphatic heterocycles. The second-order valence-corrected chi connectivity index (χ2v) is 7.67. The molecule has 0 fully saturated rings. The molecule has 0 aliphatic rings. The first-order valence-corrected chi connectivity index (χ1v) is 10.2. The van der Waals surface area contributed by atoms with E-state index in [4.69, 9.17) is 27.9 Å². The maximum Gasteiger partial charge on any atom is 0.252 e. The second-order valence-electron chi connectivity index (χ2n) is 6.86. The van der Waals surface area contributed by atoms with E-state index >= 15 is 0 Å². The lowest BCUT2D eigenvalue weighted by Crippen LogP contribution is -2.29. The van der Waals surface area contributed by atoms with Gasteiger partial charge in [-0.2, -0.15) is 0 Å².